The van der Waals surface area contributed by atoms with E-state index in [0.29, 0.717) is 6.54 Å². The topological polar surface area (TPSA) is 49.8 Å². The standard InChI is InChI=1S/C19H19ClN4/c1-14-23-18(21-12-15-5-3-2-4-6-15)11-19(24-14)22-13-16-7-9-17(20)10-8-16/h2-11H,12-13H2,1H3,(H2,21,22,23,24). The molecule has 1 aromatic heterocycles. The van der Waals surface area contributed by atoms with Crippen molar-refractivity contribution in [2.45, 2.75) is 20.0 Å². The first-order chi connectivity index (χ1) is 11.7. The van der Waals surface area contributed by atoms with Crippen LogP contribution in [0, 0.1) is 6.92 Å². The lowest BCUT2D eigenvalue weighted by Crippen LogP contribution is -2.07. The van der Waals surface area contributed by atoms with Gasteiger partial charge in [0, 0.05) is 24.2 Å². The minimum Gasteiger partial charge on any atom is -0.366 e. The van der Waals surface area contributed by atoms with Crippen LogP contribution >= 0.6 is 11.6 Å². The van der Waals surface area contributed by atoms with Gasteiger partial charge in [-0.05, 0) is 30.2 Å². The highest BCUT2D eigenvalue weighted by atomic mass is 35.5. The lowest BCUT2D eigenvalue weighted by molar-refractivity contribution is 1.00. The number of nitrogens with one attached hydrogen (secondary N) is 2. The molecular formula is C19H19ClN4. The van der Waals surface area contributed by atoms with Crippen LogP contribution < -0.4 is 10.6 Å². The number of hydrogen-bond acceptors (Lipinski definition) is 4. The van der Waals surface area contributed by atoms with Gasteiger partial charge in [0.05, 0.1) is 0 Å². The third kappa shape index (κ3) is 4.70. The quantitative estimate of drug-likeness (QED) is 0.686. The van der Waals surface area contributed by atoms with E-state index in [1.54, 1.807) is 0 Å². The molecule has 0 aliphatic rings. The molecule has 3 aromatic rings. The monoisotopic (exact) mass is 338 g/mol. The van der Waals surface area contributed by atoms with Crippen LogP contribution in [0.25, 0.3) is 0 Å². The van der Waals surface area contributed by atoms with E-state index in [-0.39, 0.29) is 0 Å². The first-order valence-electron chi connectivity index (χ1n) is 7.81. The van der Waals surface area contributed by atoms with Crippen molar-refractivity contribution < 1.29 is 0 Å². The van der Waals surface area contributed by atoms with Crippen LogP contribution in [-0.4, -0.2) is 9.97 Å². The second kappa shape index (κ2) is 7.79. The van der Waals surface area contributed by atoms with Crippen molar-refractivity contribution in [1.82, 2.24) is 9.97 Å². The van der Waals surface area contributed by atoms with Crippen LogP contribution in [-0.2, 0) is 13.1 Å². The number of hydrogen-bond donors (Lipinski definition) is 2. The number of aryl methyl sites for hydroxylation is 1. The Morgan fingerprint density at radius 1 is 0.792 bits per heavy atom. The first kappa shape index (κ1) is 16.3. The summed E-state index contributed by atoms with van der Waals surface area (Å²) in [6.07, 6.45) is 0. The molecule has 3 rings (SSSR count). The highest BCUT2D eigenvalue weighted by Crippen LogP contribution is 2.15. The Hall–Kier alpha value is -2.59. The van der Waals surface area contributed by atoms with Gasteiger partial charge in [-0.3, -0.25) is 0 Å². The lowest BCUT2D eigenvalue weighted by Gasteiger charge is -2.10. The largest absolute Gasteiger partial charge is 0.366 e. The zero-order valence-corrected chi connectivity index (χ0v) is 14.2. The first-order valence-corrected chi connectivity index (χ1v) is 8.18. The molecule has 0 atom stereocenters. The summed E-state index contributed by atoms with van der Waals surface area (Å²) >= 11 is 5.91. The van der Waals surface area contributed by atoms with Gasteiger partial charge in [-0.15, -0.1) is 0 Å². The second-order valence-electron chi connectivity index (χ2n) is 5.50. The van der Waals surface area contributed by atoms with Gasteiger partial charge in [0.25, 0.3) is 0 Å². The molecule has 2 N–H and O–H groups in total. The molecule has 4 nitrogen and oxygen atoms in total. The number of benzene rings is 2. The zero-order chi connectivity index (χ0) is 16.8. The van der Waals surface area contributed by atoms with Crippen LogP contribution in [0.2, 0.25) is 5.02 Å². The Bertz CT molecular complexity index is 788. The maximum Gasteiger partial charge on any atom is 0.132 e. The fraction of sp³-hybridized carbons (Fsp3) is 0.158. The highest BCUT2D eigenvalue weighted by molar-refractivity contribution is 6.30. The molecule has 0 aliphatic heterocycles. The molecule has 0 radical (unpaired) electrons. The molecule has 2 aromatic carbocycles. The molecule has 0 saturated carbocycles. The fourth-order valence-corrected chi connectivity index (χ4v) is 2.46. The number of halogens is 1. The van der Waals surface area contributed by atoms with E-state index in [2.05, 4.69) is 32.7 Å². The predicted molar refractivity (Wildman–Crippen MR) is 99.3 cm³/mol. The SMILES string of the molecule is Cc1nc(NCc2ccccc2)cc(NCc2ccc(Cl)cc2)n1. The summed E-state index contributed by atoms with van der Waals surface area (Å²) in [6.45, 7) is 3.31. The van der Waals surface area contributed by atoms with E-state index in [9.17, 15) is 0 Å². The van der Waals surface area contributed by atoms with Crippen LogP contribution in [0.1, 0.15) is 17.0 Å². The predicted octanol–water partition coefficient (Wildman–Crippen LogP) is 4.66. The van der Waals surface area contributed by atoms with Crippen LogP contribution in [0.3, 0.4) is 0 Å². The average Bonchev–Trinajstić information content (AvgIpc) is 2.60. The Balaban J connectivity index is 1.63. The van der Waals surface area contributed by atoms with Crippen molar-refractivity contribution in [1.29, 1.82) is 0 Å². The van der Waals surface area contributed by atoms with Gasteiger partial charge in [0.15, 0.2) is 0 Å². The van der Waals surface area contributed by atoms with E-state index in [1.807, 2.05) is 55.5 Å². The van der Waals surface area contributed by atoms with Gasteiger partial charge in [0.2, 0.25) is 0 Å². The molecule has 0 aliphatic carbocycles. The average molecular weight is 339 g/mol. The summed E-state index contributed by atoms with van der Waals surface area (Å²) < 4.78 is 0. The van der Waals surface area contributed by atoms with Gasteiger partial charge in [0.1, 0.15) is 17.5 Å². The summed E-state index contributed by atoms with van der Waals surface area (Å²) in [5, 5.41) is 7.40. The number of rotatable bonds is 6. The number of anilines is 2. The van der Waals surface area contributed by atoms with Crippen LogP contribution in [0.5, 0.6) is 0 Å². The van der Waals surface area contributed by atoms with E-state index >= 15 is 0 Å². The summed E-state index contributed by atoms with van der Waals surface area (Å²) in [4.78, 5) is 8.87. The molecule has 0 bridgehead atoms. The molecule has 5 heteroatoms. The van der Waals surface area contributed by atoms with E-state index in [0.717, 1.165) is 34.6 Å². The van der Waals surface area contributed by atoms with Crippen molar-refractivity contribution in [2.24, 2.45) is 0 Å². The Morgan fingerprint density at radius 2 is 1.33 bits per heavy atom. The Labute approximate surface area is 146 Å². The molecule has 0 saturated heterocycles. The molecule has 122 valence electrons. The van der Waals surface area contributed by atoms with Gasteiger partial charge in [-0.1, -0.05) is 54.1 Å². The van der Waals surface area contributed by atoms with Gasteiger partial charge < -0.3 is 10.6 Å². The van der Waals surface area contributed by atoms with E-state index in [4.69, 9.17) is 11.6 Å². The molecule has 0 amide bonds. The molecule has 0 unspecified atom stereocenters. The van der Waals surface area contributed by atoms with Gasteiger partial charge >= 0.3 is 0 Å². The molecule has 1 heterocycles. The maximum atomic E-state index is 5.91. The maximum absolute atomic E-state index is 5.91. The molecule has 0 fully saturated rings. The van der Waals surface area contributed by atoms with Crippen molar-refractivity contribution in [3.05, 3.63) is 82.6 Å². The zero-order valence-electron chi connectivity index (χ0n) is 13.5. The normalized spacial score (nSPS) is 10.4. The number of nitrogens with zero attached hydrogens (tertiary/aromatic N) is 2. The van der Waals surface area contributed by atoms with E-state index in [1.165, 1.54) is 5.56 Å². The molecular weight excluding hydrogens is 320 g/mol. The van der Waals surface area contributed by atoms with E-state index < -0.39 is 0 Å². The van der Waals surface area contributed by atoms with Gasteiger partial charge in [-0.2, -0.15) is 0 Å². The number of aromatic nitrogens is 2. The highest BCUT2D eigenvalue weighted by Gasteiger charge is 2.02. The van der Waals surface area contributed by atoms with Crippen molar-refractivity contribution in [3.8, 4) is 0 Å². The van der Waals surface area contributed by atoms with Crippen molar-refractivity contribution >= 4 is 23.2 Å². The smallest absolute Gasteiger partial charge is 0.132 e. The third-order valence-corrected chi connectivity index (χ3v) is 3.79. The molecule has 24 heavy (non-hydrogen) atoms. The minimum absolute atomic E-state index is 0.686. The van der Waals surface area contributed by atoms with Crippen LogP contribution in [0.15, 0.2) is 60.7 Å². The van der Waals surface area contributed by atoms with Crippen molar-refractivity contribution in [2.75, 3.05) is 10.6 Å². The van der Waals surface area contributed by atoms with Gasteiger partial charge in [-0.25, -0.2) is 9.97 Å². The minimum atomic E-state index is 0.686. The summed E-state index contributed by atoms with van der Waals surface area (Å²) in [5.74, 6) is 2.34. The van der Waals surface area contributed by atoms with Crippen LogP contribution in [0.4, 0.5) is 11.6 Å². The fourth-order valence-electron chi connectivity index (χ4n) is 2.33. The summed E-state index contributed by atoms with van der Waals surface area (Å²) in [6, 6.07) is 19.9. The lowest BCUT2D eigenvalue weighted by atomic mass is 10.2. The second-order valence-corrected chi connectivity index (χ2v) is 5.94. The summed E-state index contributed by atoms with van der Waals surface area (Å²) in [5.41, 5.74) is 2.36. The van der Waals surface area contributed by atoms with Crippen molar-refractivity contribution in [3.63, 3.8) is 0 Å². The molecule has 0 spiro atoms. The Morgan fingerprint density at radius 3 is 1.92 bits per heavy atom. The third-order valence-electron chi connectivity index (χ3n) is 3.54. The Kier molecular flexibility index (Phi) is 5.29. The summed E-state index contributed by atoms with van der Waals surface area (Å²) in [7, 11) is 0.